The Balaban J connectivity index is 2.21. The van der Waals surface area contributed by atoms with E-state index in [-0.39, 0.29) is 14.4 Å². The normalized spacial score (nSPS) is 41.0. The van der Waals surface area contributed by atoms with Gasteiger partial charge in [-0.2, -0.15) is 0 Å². The van der Waals surface area contributed by atoms with E-state index in [1.54, 1.807) is 14.2 Å². The average molecular weight is 300 g/mol. The van der Waals surface area contributed by atoms with Crippen molar-refractivity contribution in [2.75, 3.05) is 14.2 Å². The fourth-order valence-electron chi connectivity index (χ4n) is 2.33. The molecular formula is C8H12Br2O2. The maximum atomic E-state index is 5.45. The molecule has 70 valence electrons. The van der Waals surface area contributed by atoms with Gasteiger partial charge < -0.3 is 9.47 Å². The molecule has 0 bridgehead atoms. The molecule has 0 aromatic carbocycles. The molecule has 0 amide bonds. The molecule has 2 saturated carbocycles. The lowest BCUT2D eigenvalue weighted by molar-refractivity contribution is -0.298. The molecular weight excluding hydrogens is 288 g/mol. The number of halogens is 2. The van der Waals surface area contributed by atoms with Crippen LogP contribution >= 0.6 is 31.9 Å². The van der Waals surface area contributed by atoms with Crippen LogP contribution in [0, 0.1) is 5.41 Å². The molecule has 0 radical (unpaired) electrons. The van der Waals surface area contributed by atoms with Crippen LogP contribution in [0.3, 0.4) is 0 Å². The van der Waals surface area contributed by atoms with Crippen molar-refractivity contribution in [2.24, 2.45) is 5.41 Å². The van der Waals surface area contributed by atoms with Crippen LogP contribution in [0.15, 0.2) is 0 Å². The molecule has 1 spiro atoms. The fourth-order valence-corrected chi connectivity index (χ4v) is 4.29. The average Bonchev–Trinajstić information content (AvgIpc) is 2.59. The lowest BCUT2D eigenvalue weighted by Crippen LogP contribution is -2.54. The van der Waals surface area contributed by atoms with Crippen LogP contribution < -0.4 is 0 Å². The van der Waals surface area contributed by atoms with Gasteiger partial charge in [-0.1, -0.05) is 31.9 Å². The number of alkyl halides is 2. The van der Waals surface area contributed by atoms with E-state index in [0.717, 1.165) is 12.8 Å². The highest BCUT2D eigenvalue weighted by molar-refractivity contribution is 9.25. The number of ether oxygens (including phenoxy) is 2. The zero-order valence-corrected chi connectivity index (χ0v) is 10.4. The highest BCUT2D eigenvalue weighted by atomic mass is 79.9. The molecule has 1 unspecified atom stereocenters. The van der Waals surface area contributed by atoms with Crippen molar-refractivity contribution in [2.45, 2.75) is 28.3 Å². The molecule has 0 aromatic rings. The summed E-state index contributed by atoms with van der Waals surface area (Å²) < 4.78 is 11.0. The Kier molecular flexibility index (Phi) is 1.94. The van der Waals surface area contributed by atoms with E-state index in [2.05, 4.69) is 31.9 Å². The highest BCUT2D eigenvalue weighted by Crippen LogP contribution is 2.79. The first kappa shape index (κ1) is 9.44. The smallest absolute Gasteiger partial charge is 0.175 e. The van der Waals surface area contributed by atoms with Gasteiger partial charge in [0.2, 0.25) is 0 Å². The minimum Gasteiger partial charge on any atom is -0.353 e. The third kappa shape index (κ3) is 0.825. The topological polar surface area (TPSA) is 18.5 Å². The maximum absolute atomic E-state index is 5.45. The number of hydrogen-bond donors (Lipinski definition) is 0. The second-order valence-electron chi connectivity index (χ2n) is 3.62. The van der Waals surface area contributed by atoms with Crippen LogP contribution in [0.1, 0.15) is 19.3 Å². The summed E-state index contributed by atoms with van der Waals surface area (Å²) in [5.74, 6) is -0.347. The largest absolute Gasteiger partial charge is 0.353 e. The van der Waals surface area contributed by atoms with Gasteiger partial charge in [-0.05, 0) is 12.8 Å². The van der Waals surface area contributed by atoms with Gasteiger partial charge in [0.15, 0.2) is 5.79 Å². The second-order valence-corrected chi connectivity index (χ2v) is 7.40. The van der Waals surface area contributed by atoms with Gasteiger partial charge in [0, 0.05) is 20.6 Å². The Morgan fingerprint density at radius 2 is 1.58 bits per heavy atom. The van der Waals surface area contributed by atoms with Crippen molar-refractivity contribution in [3.8, 4) is 0 Å². The van der Waals surface area contributed by atoms with Gasteiger partial charge in [-0.3, -0.25) is 0 Å². The molecule has 0 heterocycles. The van der Waals surface area contributed by atoms with Crippen LogP contribution in [-0.4, -0.2) is 23.2 Å². The van der Waals surface area contributed by atoms with Crippen molar-refractivity contribution in [1.82, 2.24) is 0 Å². The van der Waals surface area contributed by atoms with Crippen LogP contribution in [0.25, 0.3) is 0 Å². The molecule has 0 aromatic heterocycles. The SMILES string of the molecule is COC1(OC)CCC12CC2(Br)Br. The van der Waals surface area contributed by atoms with Gasteiger partial charge in [0.05, 0.1) is 8.65 Å². The summed E-state index contributed by atoms with van der Waals surface area (Å²) in [5.41, 5.74) is 0.170. The van der Waals surface area contributed by atoms with Crippen molar-refractivity contribution in [1.29, 1.82) is 0 Å². The second kappa shape index (κ2) is 2.47. The van der Waals surface area contributed by atoms with Crippen LogP contribution in [0.4, 0.5) is 0 Å². The number of hydrogen-bond acceptors (Lipinski definition) is 2. The number of methoxy groups -OCH3 is 2. The lowest BCUT2D eigenvalue weighted by Gasteiger charge is -2.49. The van der Waals surface area contributed by atoms with Crippen molar-refractivity contribution < 1.29 is 9.47 Å². The third-order valence-electron chi connectivity index (χ3n) is 3.37. The van der Waals surface area contributed by atoms with Gasteiger partial charge in [0.1, 0.15) is 0 Å². The molecule has 2 fully saturated rings. The van der Waals surface area contributed by atoms with Crippen LogP contribution in [0.2, 0.25) is 0 Å². The third-order valence-corrected chi connectivity index (χ3v) is 5.45. The summed E-state index contributed by atoms with van der Waals surface area (Å²) in [4.78, 5) is 0. The molecule has 1 atom stereocenters. The number of rotatable bonds is 2. The van der Waals surface area contributed by atoms with Gasteiger partial charge in [-0.15, -0.1) is 0 Å². The highest BCUT2D eigenvalue weighted by Gasteiger charge is 2.80. The van der Waals surface area contributed by atoms with E-state index in [0.29, 0.717) is 0 Å². The minimum atomic E-state index is -0.347. The molecule has 2 aliphatic carbocycles. The summed E-state index contributed by atoms with van der Waals surface area (Å²) in [7, 11) is 3.44. The monoisotopic (exact) mass is 298 g/mol. The predicted octanol–water partition coefficient (Wildman–Crippen LogP) is 2.65. The Labute approximate surface area is 89.2 Å². The molecule has 0 saturated heterocycles. The van der Waals surface area contributed by atoms with E-state index in [9.17, 15) is 0 Å². The Bertz CT molecular complexity index is 202. The molecule has 0 aliphatic heterocycles. The first-order chi connectivity index (χ1) is 5.54. The van der Waals surface area contributed by atoms with E-state index in [1.807, 2.05) is 0 Å². The Hall–Kier alpha value is 0.880. The Morgan fingerprint density at radius 1 is 1.08 bits per heavy atom. The molecule has 12 heavy (non-hydrogen) atoms. The van der Waals surface area contributed by atoms with E-state index in [4.69, 9.17) is 9.47 Å². The summed E-state index contributed by atoms with van der Waals surface area (Å²) in [6.45, 7) is 0. The first-order valence-corrected chi connectivity index (χ1v) is 5.60. The van der Waals surface area contributed by atoms with E-state index < -0.39 is 0 Å². The lowest BCUT2D eigenvalue weighted by atomic mass is 9.74. The molecule has 2 aliphatic rings. The predicted molar refractivity (Wildman–Crippen MR) is 53.6 cm³/mol. The van der Waals surface area contributed by atoms with E-state index in [1.165, 1.54) is 6.42 Å². The maximum Gasteiger partial charge on any atom is 0.175 e. The fraction of sp³-hybridized carbons (Fsp3) is 1.00. The summed E-state index contributed by atoms with van der Waals surface area (Å²) in [6, 6.07) is 0. The summed E-state index contributed by atoms with van der Waals surface area (Å²) >= 11 is 7.27. The van der Waals surface area contributed by atoms with Crippen molar-refractivity contribution in [3.63, 3.8) is 0 Å². The minimum absolute atomic E-state index is 0.0528. The zero-order valence-electron chi connectivity index (χ0n) is 7.19. The molecule has 0 N–H and O–H groups in total. The van der Waals surface area contributed by atoms with Crippen molar-refractivity contribution >= 4 is 31.9 Å². The summed E-state index contributed by atoms with van der Waals surface area (Å²) in [6.07, 6.45) is 3.26. The Morgan fingerprint density at radius 3 is 1.67 bits per heavy atom. The summed E-state index contributed by atoms with van der Waals surface area (Å²) in [5, 5.41) is 0. The van der Waals surface area contributed by atoms with E-state index >= 15 is 0 Å². The standard InChI is InChI=1S/C8H12Br2O2/c1-11-8(12-2)4-3-6(8)5-7(6,9)10/h3-5H2,1-2H3. The molecule has 2 rings (SSSR count). The van der Waals surface area contributed by atoms with Crippen LogP contribution in [-0.2, 0) is 9.47 Å². The quantitative estimate of drug-likeness (QED) is 0.576. The van der Waals surface area contributed by atoms with Gasteiger partial charge in [-0.25, -0.2) is 0 Å². The first-order valence-electron chi connectivity index (χ1n) is 4.02. The zero-order chi connectivity index (χ0) is 9.04. The molecule has 2 nitrogen and oxygen atoms in total. The van der Waals surface area contributed by atoms with Crippen LogP contribution in [0.5, 0.6) is 0 Å². The van der Waals surface area contributed by atoms with Gasteiger partial charge >= 0.3 is 0 Å². The molecule has 4 heteroatoms. The van der Waals surface area contributed by atoms with Gasteiger partial charge in [0.25, 0.3) is 0 Å². The van der Waals surface area contributed by atoms with Crippen molar-refractivity contribution in [3.05, 3.63) is 0 Å².